The smallest absolute Gasteiger partial charge is 0.258 e. The molecule has 0 amide bonds. The molecule has 0 saturated heterocycles. The summed E-state index contributed by atoms with van der Waals surface area (Å²) in [7, 11) is 0. The van der Waals surface area contributed by atoms with Gasteiger partial charge in [-0.1, -0.05) is 31.5 Å². The lowest BCUT2D eigenvalue weighted by atomic mass is 10.1. The summed E-state index contributed by atoms with van der Waals surface area (Å²) >= 11 is 5.97. The Morgan fingerprint density at radius 3 is 2.50 bits per heavy atom. The summed E-state index contributed by atoms with van der Waals surface area (Å²) in [5.74, 6) is 0. The maximum absolute atomic E-state index is 10.6. The van der Waals surface area contributed by atoms with E-state index in [0.717, 1.165) is 0 Å². The van der Waals surface area contributed by atoms with Crippen molar-refractivity contribution in [2.45, 2.75) is 13.8 Å². The number of nitro benzene ring substituents is 1. The molecule has 1 heterocycles. The van der Waals surface area contributed by atoms with E-state index in [-0.39, 0.29) is 5.69 Å². The number of rotatable bonds is 2. The van der Waals surface area contributed by atoms with Crippen LogP contribution in [0, 0.1) is 10.1 Å². The highest BCUT2D eigenvalue weighted by molar-refractivity contribution is 6.33. The SMILES string of the molecule is CC.O=[N+]([O-])c1ccc(Cl)c(-c2ccccn2)c1. The lowest BCUT2D eigenvalue weighted by Gasteiger charge is -2.02. The molecule has 0 spiro atoms. The second-order valence-electron chi connectivity index (χ2n) is 3.14. The van der Waals surface area contributed by atoms with Crippen molar-refractivity contribution in [3.63, 3.8) is 0 Å². The van der Waals surface area contributed by atoms with Gasteiger partial charge < -0.3 is 0 Å². The van der Waals surface area contributed by atoms with E-state index in [0.29, 0.717) is 16.3 Å². The maximum Gasteiger partial charge on any atom is 0.270 e. The average Bonchev–Trinajstić information content (AvgIpc) is 2.42. The van der Waals surface area contributed by atoms with E-state index in [2.05, 4.69) is 4.98 Å². The van der Waals surface area contributed by atoms with E-state index in [1.54, 1.807) is 24.4 Å². The summed E-state index contributed by atoms with van der Waals surface area (Å²) in [6, 6.07) is 9.63. The number of benzene rings is 1. The molecule has 0 atom stereocenters. The first kappa shape index (κ1) is 14.1. The third kappa shape index (κ3) is 3.28. The molecule has 0 N–H and O–H groups in total. The number of halogens is 1. The van der Waals surface area contributed by atoms with E-state index >= 15 is 0 Å². The quantitative estimate of drug-likeness (QED) is 0.599. The Morgan fingerprint density at radius 1 is 1.22 bits per heavy atom. The van der Waals surface area contributed by atoms with Crippen LogP contribution in [0.4, 0.5) is 5.69 Å². The van der Waals surface area contributed by atoms with Gasteiger partial charge >= 0.3 is 0 Å². The molecule has 0 aliphatic rings. The standard InChI is InChI=1S/C11H7ClN2O2.C2H6/c12-10-5-4-8(14(15)16)7-9(10)11-3-1-2-6-13-11;1-2/h1-7H;1-2H3. The molecule has 0 radical (unpaired) electrons. The number of non-ortho nitro benzene ring substituents is 1. The van der Waals surface area contributed by atoms with Crippen molar-refractivity contribution < 1.29 is 4.92 Å². The largest absolute Gasteiger partial charge is 0.270 e. The first-order valence-corrected chi connectivity index (χ1v) is 5.91. The molecule has 2 rings (SSSR count). The Balaban J connectivity index is 0.000000771. The zero-order valence-corrected chi connectivity index (χ0v) is 10.9. The molecule has 1 aromatic heterocycles. The number of pyridine rings is 1. The van der Waals surface area contributed by atoms with Crippen LogP contribution in [0.25, 0.3) is 11.3 Å². The minimum absolute atomic E-state index is 0.00468. The maximum atomic E-state index is 10.6. The van der Waals surface area contributed by atoms with Crippen molar-refractivity contribution in [3.8, 4) is 11.3 Å². The zero-order valence-electron chi connectivity index (χ0n) is 10.1. The monoisotopic (exact) mass is 264 g/mol. The second-order valence-corrected chi connectivity index (χ2v) is 3.54. The van der Waals surface area contributed by atoms with Gasteiger partial charge in [-0.2, -0.15) is 0 Å². The van der Waals surface area contributed by atoms with E-state index in [9.17, 15) is 10.1 Å². The van der Waals surface area contributed by atoms with Crippen LogP contribution in [-0.2, 0) is 0 Å². The predicted molar refractivity (Wildman–Crippen MR) is 72.7 cm³/mol. The van der Waals surface area contributed by atoms with E-state index in [4.69, 9.17) is 11.6 Å². The highest BCUT2D eigenvalue weighted by Gasteiger charge is 2.11. The van der Waals surface area contributed by atoms with Gasteiger partial charge in [0.25, 0.3) is 5.69 Å². The molecular formula is C13H13ClN2O2. The van der Waals surface area contributed by atoms with E-state index in [1.165, 1.54) is 18.2 Å². The Kier molecular flexibility index (Phi) is 5.27. The van der Waals surface area contributed by atoms with Gasteiger partial charge in [0.2, 0.25) is 0 Å². The van der Waals surface area contributed by atoms with Crippen LogP contribution in [-0.4, -0.2) is 9.91 Å². The van der Waals surface area contributed by atoms with Crippen molar-refractivity contribution in [2.75, 3.05) is 0 Å². The topological polar surface area (TPSA) is 56.0 Å². The van der Waals surface area contributed by atoms with Gasteiger partial charge in [0.05, 0.1) is 15.6 Å². The molecule has 5 heteroatoms. The van der Waals surface area contributed by atoms with Gasteiger partial charge in [0.1, 0.15) is 0 Å². The van der Waals surface area contributed by atoms with Crippen molar-refractivity contribution in [2.24, 2.45) is 0 Å². The van der Waals surface area contributed by atoms with Gasteiger partial charge in [-0.15, -0.1) is 0 Å². The van der Waals surface area contributed by atoms with Gasteiger partial charge in [0.15, 0.2) is 0 Å². The first-order chi connectivity index (χ1) is 8.68. The molecule has 0 saturated carbocycles. The second kappa shape index (κ2) is 6.71. The number of hydrogen-bond donors (Lipinski definition) is 0. The molecule has 94 valence electrons. The van der Waals surface area contributed by atoms with Gasteiger partial charge in [-0.3, -0.25) is 15.1 Å². The Hall–Kier alpha value is -1.94. The molecule has 2 aromatic rings. The molecule has 1 aromatic carbocycles. The highest BCUT2D eigenvalue weighted by Crippen LogP contribution is 2.29. The molecule has 0 aliphatic heterocycles. The molecule has 0 aliphatic carbocycles. The normalized spacial score (nSPS) is 9.28. The molecule has 18 heavy (non-hydrogen) atoms. The third-order valence-corrected chi connectivity index (χ3v) is 2.43. The summed E-state index contributed by atoms with van der Waals surface area (Å²) in [4.78, 5) is 14.3. The molecule has 0 bridgehead atoms. The fraction of sp³-hybridized carbons (Fsp3) is 0.154. The zero-order chi connectivity index (χ0) is 13.5. The van der Waals surface area contributed by atoms with Crippen LogP contribution < -0.4 is 0 Å². The Bertz CT molecular complexity index is 530. The number of nitrogens with zero attached hydrogens (tertiary/aromatic N) is 2. The van der Waals surface area contributed by atoms with Crippen LogP contribution in [0.3, 0.4) is 0 Å². The van der Waals surface area contributed by atoms with E-state index < -0.39 is 4.92 Å². The van der Waals surface area contributed by atoms with Crippen molar-refractivity contribution in [3.05, 3.63) is 57.7 Å². The fourth-order valence-electron chi connectivity index (χ4n) is 1.35. The lowest BCUT2D eigenvalue weighted by Crippen LogP contribution is -1.90. The van der Waals surface area contributed by atoms with Crippen LogP contribution in [0.2, 0.25) is 5.02 Å². The summed E-state index contributed by atoms with van der Waals surface area (Å²) in [6.07, 6.45) is 1.62. The van der Waals surface area contributed by atoms with Crippen LogP contribution in [0.15, 0.2) is 42.6 Å². The molecule has 4 nitrogen and oxygen atoms in total. The van der Waals surface area contributed by atoms with Gasteiger partial charge in [-0.25, -0.2) is 0 Å². The first-order valence-electron chi connectivity index (χ1n) is 5.54. The van der Waals surface area contributed by atoms with Crippen LogP contribution >= 0.6 is 11.6 Å². The minimum Gasteiger partial charge on any atom is -0.258 e. The van der Waals surface area contributed by atoms with Crippen molar-refractivity contribution in [1.82, 2.24) is 4.98 Å². The summed E-state index contributed by atoms with van der Waals surface area (Å²) in [5.41, 5.74) is 1.19. The fourth-order valence-corrected chi connectivity index (χ4v) is 1.56. The van der Waals surface area contributed by atoms with Gasteiger partial charge in [-0.05, 0) is 18.2 Å². The molecule has 0 fully saturated rings. The number of hydrogen-bond acceptors (Lipinski definition) is 3. The summed E-state index contributed by atoms with van der Waals surface area (Å²) in [6.45, 7) is 4.00. The third-order valence-electron chi connectivity index (χ3n) is 2.10. The summed E-state index contributed by atoms with van der Waals surface area (Å²) in [5, 5.41) is 11.1. The lowest BCUT2D eigenvalue weighted by molar-refractivity contribution is -0.384. The number of nitro groups is 1. The average molecular weight is 265 g/mol. The van der Waals surface area contributed by atoms with E-state index in [1.807, 2.05) is 13.8 Å². The molecular weight excluding hydrogens is 252 g/mol. The molecule has 0 unspecified atom stereocenters. The van der Waals surface area contributed by atoms with Crippen molar-refractivity contribution >= 4 is 17.3 Å². The highest BCUT2D eigenvalue weighted by atomic mass is 35.5. The predicted octanol–water partition coefficient (Wildman–Crippen LogP) is 4.34. The van der Waals surface area contributed by atoms with Gasteiger partial charge in [0, 0.05) is 23.9 Å². The Morgan fingerprint density at radius 2 is 1.94 bits per heavy atom. The van der Waals surface area contributed by atoms with Crippen molar-refractivity contribution in [1.29, 1.82) is 0 Å². The minimum atomic E-state index is -0.456. The van der Waals surface area contributed by atoms with Crippen LogP contribution in [0.5, 0.6) is 0 Å². The Labute approximate surface area is 110 Å². The van der Waals surface area contributed by atoms with Crippen LogP contribution in [0.1, 0.15) is 13.8 Å². The summed E-state index contributed by atoms with van der Waals surface area (Å²) < 4.78 is 0. The number of aromatic nitrogens is 1.